The maximum Gasteiger partial charge on any atom is 0.347 e. The average Bonchev–Trinajstić information content (AvgIpc) is 3.21. The second kappa shape index (κ2) is 7.79. The second-order valence-corrected chi connectivity index (χ2v) is 10.4. The minimum atomic E-state index is -1.25. The largest absolute Gasteiger partial charge is 0.508 e. The van der Waals surface area contributed by atoms with E-state index in [1.165, 1.54) is 40.7 Å². The molecule has 1 N–H and O–H groups in total. The molecule has 0 radical (unpaired) electrons. The van der Waals surface area contributed by atoms with Crippen molar-refractivity contribution in [3.05, 3.63) is 91.5 Å². The highest BCUT2D eigenvalue weighted by molar-refractivity contribution is 6.31. The van der Waals surface area contributed by atoms with Crippen molar-refractivity contribution >= 4 is 29.1 Å². The minimum Gasteiger partial charge on any atom is -0.508 e. The lowest BCUT2D eigenvalue weighted by molar-refractivity contribution is -0.129. The SMILES string of the molecule is Cn1c(=O)n2n(c1=O)[C@@H]1C[C@H]3C(=O)N(c4ccc(F)c(Cl)c4)C(=O)[C@@]3(C)[C@@H](c3ccc(O)cc3)C1=CC2. The number of rotatable bonds is 2. The molecule has 1 aliphatic carbocycles. The zero-order valence-electron chi connectivity index (χ0n) is 19.9. The van der Waals surface area contributed by atoms with Crippen molar-refractivity contribution in [3.63, 3.8) is 0 Å². The standard InChI is InChI=1S/C26H22ClFN4O5/c1-26-17(22(34)31(23(26)35)14-5-8-19(28)18(27)11-14)12-20-16(21(26)13-3-6-15(33)7-4-13)9-10-30-24(36)29(2)25(37)32(20)30/h3-9,11,17,20-21,33H,10,12H2,1-2H3/t17-,20+,21-,26+/m0/s1. The van der Waals surface area contributed by atoms with Crippen LogP contribution in [0.3, 0.4) is 0 Å². The number of carbonyl (C=O) groups is 2. The summed E-state index contributed by atoms with van der Waals surface area (Å²) in [7, 11) is 1.40. The van der Waals surface area contributed by atoms with E-state index in [9.17, 15) is 28.7 Å². The summed E-state index contributed by atoms with van der Waals surface area (Å²) in [5, 5.41) is 9.68. The number of fused-ring (bicyclic) bond motifs is 4. The molecule has 1 saturated carbocycles. The molecule has 11 heteroatoms. The Balaban J connectivity index is 1.57. The summed E-state index contributed by atoms with van der Waals surface area (Å²) in [6.45, 7) is 1.86. The lowest BCUT2D eigenvalue weighted by Gasteiger charge is -2.47. The summed E-state index contributed by atoms with van der Waals surface area (Å²) in [6.07, 6.45) is 1.97. The maximum atomic E-state index is 14.1. The highest BCUT2D eigenvalue weighted by atomic mass is 35.5. The maximum absolute atomic E-state index is 14.1. The van der Waals surface area contributed by atoms with Gasteiger partial charge in [0.15, 0.2) is 0 Å². The quantitative estimate of drug-likeness (QED) is 0.410. The van der Waals surface area contributed by atoms with E-state index >= 15 is 0 Å². The van der Waals surface area contributed by atoms with Gasteiger partial charge in [0.05, 0.1) is 34.6 Å². The van der Waals surface area contributed by atoms with E-state index in [0.717, 1.165) is 21.1 Å². The van der Waals surface area contributed by atoms with Gasteiger partial charge in [0.2, 0.25) is 11.8 Å². The Labute approximate surface area is 214 Å². The van der Waals surface area contributed by atoms with Crippen LogP contribution in [0.1, 0.15) is 30.9 Å². The van der Waals surface area contributed by atoms with Crippen molar-refractivity contribution in [1.82, 2.24) is 13.9 Å². The number of aromatic nitrogens is 3. The number of phenols is 1. The Hall–Kier alpha value is -3.92. The molecule has 0 bridgehead atoms. The number of carbonyl (C=O) groups excluding carboxylic acids is 2. The van der Waals surface area contributed by atoms with Gasteiger partial charge in [-0.05, 0) is 54.8 Å². The number of halogens is 2. The fourth-order valence-electron chi connectivity index (χ4n) is 6.30. The monoisotopic (exact) mass is 524 g/mol. The van der Waals surface area contributed by atoms with Gasteiger partial charge in [-0.2, -0.15) is 0 Å². The number of aromatic hydroxyl groups is 1. The minimum absolute atomic E-state index is 0.0416. The van der Waals surface area contributed by atoms with Gasteiger partial charge in [-0.15, -0.1) is 0 Å². The van der Waals surface area contributed by atoms with Crippen LogP contribution in [0.25, 0.3) is 0 Å². The van der Waals surface area contributed by atoms with Crippen molar-refractivity contribution in [2.24, 2.45) is 18.4 Å². The van der Waals surface area contributed by atoms with Gasteiger partial charge in [0, 0.05) is 13.0 Å². The second-order valence-electron chi connectivity index (χ2n) is 9.94. The molecular formula is C26H22ClFN4O5. The first-order valence-corrected chi connectivity index (χ1v) is 12.1. The topological polar surface area (TPSA) is 107 Å². The third-order valence-electron chi connectivity index (χ3n) is 8.12. The van der Waals surface area contributed by atoms with Crippen LogP contribution < -0.4 is 16.3 Å². The first-order chi connectivity index (χ1) is 17.6. The highest BCUT2D eigenvalue weighted by Crippen LogP contribution is 2.61. The summed E-state index contributed by atoms with van der Waals surface area (Å²) in [6, 6.07) is 9.43. The fourth-order valence-corrected chi connectivity index (χ4v) is 6.48. The number of anilines is 1. The molecule has 3 heterocycles. The predicted octanol–water partition coefficient (Wildman–Crippen LogP) is 2.71. The Morgan fingerprint density at radius 3 is 2.43 bits per heavy atom. The smallest absolute Gasteiger partial charge is 0.347 e. The fraction of sp³-hybridized carbons (Fsp3) is 0.308. The van der Waals surface area contributed by atoms with E-state index in [-0.39, 0.29) is 29.4 Å². The number of hydrogen-bond acceptors (Lipinski definition) is 5. The first kappa shape index (κ1) is 23.5. The van der Waals surface area contributed by atoms with Crippen molar-refractivity contribution in [1.29, 1.82) is 0 Å². The Morgan fingerprint density at radius 2 is 1.76 bits per heavy atom. The summed E-state index contributed by atoms with van der Waals surface area (Å²) in [5.74, 6) is -3.07. The van der Waals surface area contributed by atoms with Crippen molar-refractivity contribution in [2.45, 2.75) is 31.8 Å². The third-order valence-corrected chi connectivity index (χ3v) is 8.41. The lowest BCUT2D eigenvalue weighted by Crippen LogP contribution is -2.49. The van der Waals surface area contributed by atoms with Crippen LogP contribution in [0, 0.1) is 17.2 Å². The summed E-state index contributed by atoms with van der Waals surface area (Å²) in [5.41, 5.74) is -0.637. The Morgan fingerprint density at radius 1 is 1.05 bits per heavy atom. The van der Waals surface area contributed by atoms with E-state index in [4.69, 9.17) is 11.6 Å². The van der Waals surface area contributed by atoms with Crippen molar-refractivity contribution in [2.75, 3.05) is 4.90 Å². The predicted molar refractivity (Wildman–Crippen MR) is 132 cm³/mol. The molecule has 1 aromatic heterocycles. The van der Waals surface area contributed by atoms with Gasteiger partial charge in [-0.3, -0.25) is 9.59 Å². The number of allylic oxidation sites excluding steroid dienone is 2. The molecule has 2 aliphatic heterocycles. The van der Waals surface area contributed by atoms with Crippen LogP contribution in [0.4, 0.5) is 10.1 Å². The van der Waals surface area contributed by atoms with Crippen LogP contribution >= 0.6 is 11.6 Å². The average molecular weight is 525 g/mol. The molecule has 190 valence electrons. The molecule has 6 rings (SSSR count). The Bertz CT molecular complexity index is 1650. The zero-order valence-corrected chi connectivity index (χ0v) is 20.6. The number of amides is 2. The van der Waals surface area contributed by atoms with Gasteiger partial charge in [0.25, 0.3) is 0 Å². The zero-order chi connectivity index (χ0) is 26.4. The van der Waals surface area contributed by atoms with Crippen LogP contribution in [0.2, 0.25) is 5.02 Å². The molecule has 2 aromatic carbocycles. The molecule has 0 unspecified atom stereocenters. The van der Waals surface area contributed by atoms with Crippen LogP contribution in [0.5, 0.6) is 5.75 Å². The summed E-state index contributed by atoms with van der Waals surface area (Å²) in [4.78, 5) is 54.8. The van der Waals surface area contributed by atoms with E-state index in [1.807, 2.05) is 6.08 Å². The summed E-state index contributed by atoms with van der Waals surface area (Å²) >= 11 is 5.98. The Kier molecular flexibility index (Phi) is 4.94. The lowest BCUT2D eigenvalue weighted by atomic mass is 9.56. The third kappa shape index (κ3) is 3.02. The number of phenolic OH excluding ortho intramolecular Hbond substituents is 1. The number of hydrogen-bond donors (Lipinski definition) is 1. The highest BCUT2D eigenvalue weighted by Gasteiger charge is 2.65. The van der Waals surface area contributed by atoms with Crippen LogP contribution in [-0.4, -0.2) is 30.9 Å². The van der Waals surface area contributed by atoms with Gasteiger partial charge < -0.3 is 5.11 Å². The molecule has 3 aliphatic rings. The molecule has 37 heavy (non-hydrogen) atoms. The van der Waals surface area contributed by atoms with Crippen molar-refractivity contribution in [3.8, 4) is 5.75 Å². The normalized spacial score (nSPS) is 26.5. The van der Waals surface area contributed by atoms with Crippen LogP contribution in [0.15, 0.2) is 63.7 Å². The van der Waals surface area contributed by atoms with Gasteiger partial charge in [-0.1, -0.05) is 29.8 Å². The van der Waals surface area contributed by atoms with E-state index in [0.29, 0.717) is 5.56 Å². The molecule has 2 amide bonds. The molecule has 0 spiro atoms. The molecule has 4 atom stereocenters. The van der Waals surface area contributed by atoms with Gasteiger partial charge >= 0.3 is 11.4 Å². The molecular weight excluding hydrogens is 503 g/mol. The van der Waals surface area contributed by atoms with Gasteiger partial charge in [-0.25, -0.2) is 32.8 Å². The van der Waals surface area contributed by atoms with E-state index < -0.39 is 52.3 Å². The first-order valence-electron chi connectivity index (χ1n) is 11.8. The van der Waals surface area contributed by atoms with Gasteiger partial charge in [0.1, 0.15) is 11.6 Å². The number of benzene rings is 2. The molecule has 9 nitrogen and oxygen atoms in total. The number of imide groups is 1. The van der Waals surface area contributed by atoms with Crippen LogP contribution in [-0.2, 0) is 23.2 Å². The molecule has 3 aromatic rings. The molecule has 1 saturated heterocycles. The van der Waals surface area contributed by atoms with E-state index in [2.05, 4.69) is 0 Å². The van der Waals surface area contributed by atoms with E-state index in [1.54, 1.807) is 19.1 Å². The summed E-state index contributed by atoms with van der Waals surface area (Å²) < 4.78 is 17.6. The van der Waals surface area contributed by atoms with Crippen molar-refractivity contribution < 1.29 is 19.1 Å². The number of nitrogens with zero attached hydrogens (tertiary/aromatic N) is 4. The molecule has 2 fully saturated rings.